The van der Waals surface area contributed by atoms with Crippen molar-refractivity contribution >= 4 is 23.4 Å². The van der Waals surface area contributed by atoms with Crippen molar-refractivity contribution in [2.24, 2.45) is 0 Å². The molecule has 3 aromatic carbocycles. The van der Waals surface area contributed by atoms with E-state index in [0.29, 0.717) is 0 Å². The van der Waals surface area contributed by atoms with Gasteiger partial charge in [-0.05, 0) is 57.2 Å². The Morgan fingerprint density at radius 3 is 1.08 bits per heavy atom. The highest BCUT2D eigenvalue weighted by Crippen LogP contribution is 2.58. The quantitative estimate of drug-likeness (QED) is 0.627. The van der Waals surface area contributed by atoms with Gasteiger partial charge in [0.15, 0.2) is 0 Å². The van der Waals surface area contributed by atoms with Crippen molar-refractivity contribution in [1.82, 2.24) is 0 Å². The van der Waals surface area contributed by atoms with E-state index in [9.17, 15) is 0 Å². The lowest BCUT2D eigenvalue weighted by molar-refractivity contribution is 0.151. The molecule has 0 aromatic heterocycles. The molecule has 0 aliphatic heterocycles. The summed E-state index contributed by atoms with van der Waals surface area (Å²) in [5.74, 6) is 0. The highest BCUT2D eigenvalue weighted by Gasteiger charge is 2.50. The van der Waals surface area contributed by atoms with E-state index < -0.39 is 7.49 Å². The largest absolute Gasteiger partial charge is 0.242 e. The third-order valence-corrected chi connectivity index (χ3v) is 7.67. The number of hydrogen-bond acceptors (Lipinski definition) is 1. The molecule has 0 heterocycles. The van der Waals surface area contributed by atoms with Crippen LogP contribution in [0.3, 0.4) is 0 Å². The molecule has 3 rings (SSSR count). The Labute approximate surface area is 145 Å². The van der Waals surface area contributed by atoms with Gasteiger partial charge in [-0.2, -0.15) is 0 Å². The summed E-state index contributed by atoms with van der Waals surface area (Å²) in [7, 11) is -2.17. The van der Waals surface area contributed by atoms with Crippen molar-refractivity contribution in [2.45, 2.75) is 26.4 Å². The zero-order chi connectivity index (χ0) is 17.0. The van der Waals surface area contributed by atoms with Crippen LogP contribution in [0.1, 0.15) is 20.8 Å². The lowest BCUT2D eigenvalue weighted by atomic mass is 10.2. The fourth-order valence-electron chi connectivity index (χ4n) is 2.93. The van der Waals surface area contributed by atoms with E-state index >= 15 is 0 Å². The molecule has 0 saturated carbocycles. The van der Waals surface area contributed by atoms with Gasteiger partial charge in [-0.3, -0.25) is 0 Å². The second kappa shape index (κ2) is 6.89. The Hall–Kier alpha value is -1.95. The van der Waals surface area contributed by atoms with Gasteiger partial charge in [-0.1, -0.05) is 54.6 Å². The molecule has 2 heteroatoms. The van der Waals surface area contributed by atoms with Crippen molar-refractivity contribution in [3.63, 3.8) is 0 Å². The highest BCUT2D eigenvalue weighted by molar-refractivity contribution is 7.91. The molecule has 0 bridgehead atoms. The van der Waals surface area contributed by atoms with E-state index in [0.717, 1.165) is 0 Å². The predicted molar refractivity (Wildman–Crippen MR) is 106 cm³/mol. The molecule has 0 radical (unpaired) electrons. The molecular formula is C22H24OP+. The van der Waals surface area contributed by atoms with Crippen LogP contribution in [0.15, 0.2) is 91.0 Å². The summed E-state index contributed by atoms with van der Waals surface area (Å²) in [4.78, 5) is 0. The topological polar surface area (TPSA) is 9.23 Å². The number of benzene rings is 3. The Kier molecular flexibility index (Phi) is 4.85. The molecule has 0 saturated heterocycles. The van der Waals surface area contributed by atoms with Crippen molar-refractivity contribution in [1.29, 1.82) is 0 Å². The van der Waals surface area contributed by atoms with E-state index in [-0.39, 0.29) is 5.60 Å². The number of rotatable bonds is 4. The summed E-state index contributed by atoms with van der Waals surface area (Å²) in [6.45, 7) is 6.41. The summed E-state index contributed by atoms with van der Waals surface area (Å²) >= 11 is 0. The normalized spacial score (nSPS) is 12.1. The average molecular weight is 335 g/mol. The molecule has 0 amide bonds. The summed E-state index contributed by atoms with van der Waals surface area (Å²) in [5.41, 5.74) is -0.255. The predicted octanol–water partition coefficient (Wildman–Crippen LogP) is 4.71. The van der Waals surface area contributed by atoms with E-state index in [2.05, 4.69) is 112 Å². The minimum atomic E-state index is -2.17. The van der Waals surface area contributed by atoms with Crippen molar-refractivity contribution < 1.29 is 4.52 Å². The van der Waals surface area contributed by atoms with Crippen LogP contribution in [0, 0.1) is 0 Å². The SMILES string of the molecule is CC(C)(C)O[P+](c1ccccc1)(c1ccccc1)c1ccccc1. The van der Waals surface area contributed by atoms with Gasteiger partial charge in [0.05, 0.1) is 0 Å². The molecule has 0 spiro atoms. The van der Waals surface area contributed by atoms with Crippen LogP contribution in [0.2, 0.25) is 0 Å². The minimum Gasteiger partial charge on any atom is -0.216 e. The molecule has 0 fully saturated rings. The highest BCUT2D eigenvalue weighted by atomic mass is 31.2. The van der Waals surface area contributed by atoms with E-state index in [4.69, 9.17) is 4.52 Å². The van der Waals surface area contributed by atoms with Gasteiger partial charge in [0, 0.05) is 0 Å². The molecule has 1 nitrogen and oxygen atoms in total. The van der Waals surface area contributed by atoms with E-state index in [1.165, 1.54) is 15.9 Å². The molecule has 3 aromatic rings. The van der Waals surface area contributed by atoms with Gasteiger partial charge in [0.2, 0.25) is 7.49 Å². The van der Waals surface area contributed by atoms with Crippen LogP contribution in [-0.2, 0) is 4.52 Å². The second-order valence-electron chi connectivity index (χ2n) is 6.82. The molecule has 0 N–H and O–H groups in total. The Morgan fingerprint density at radius 2 is 0.833 bits per heavy atom. The van der Waals surface area contributed by atoms with Gasteiger partial charge in [0.1, 0.15) is 21.5 Å². The van der Waals surface area contributed by atoms with Gasteiger partial charge >= 0.3 is 0 Å². The van der Waals surface area contributed by atoms with Gasteiger partial charge in [-0.25, -0.2) is 4.52 Å². The van der Waals surface area contributed by atoms with Crippen LogP contribution in [-0.4, -0.2) is 5.60 Å². The summed E-state index contributed by atoms with van der Waals surface area (Å²) in [6.07, 6.45) is 0. The van der Waals surface area contributed by atoms with Crippen molar-refractivity contribution in [2.75, 3.05) is 0 Å². The zero-order valence-corrected chi connectivity index (χ0v) is 15.4. The maximum atomic E-state index is 6.89. The van der Waals surface area contributed by atoms with Gasteiger partial charge in [0.25, 0.3) is 0 Å². The molecule has 0 aliphatic carbocycles. The molecule has 122 valence electrons. The van der Waals surface area contributed by atoms with Gasteiger partial charge < -0.3 is 0 Å². The fraction of sp³-hybridized carbons (Fsp3) is 0.182. The van der Waals surface area contributed by atoms with Crippen molar-refractivity contribution in [3.8, 4) is 0 Å². The second-order valence-corrected chi connectivity index (χ2v) is 9.77. The first-order valence-corrected chi connectivity index (χ1v) is 10.00. The first kappa shape index (κ1) is 16.9. The molecule has 24 heavy (non-hydrogen) atoms. The molecule has 0 aliphatic rings. The maximum absolute atomic E-state index is 6.89. The maximum Gasteiger partial charge on any atom is 0.242 e. The summed E-state index contributed by atoms with van der Waals surface area (Å²) in [5, 5.41) is 3.74. The van der Waals surface area contributed by atoms with Crippen LogP contribution in [0.4, 0.5) is 0 Å². The smallest absolute Gasteiger partial charge is 0.216 e. The first-order valence-electron chi connectivity index (χ1n) is 8.29. The van der Waals surface area contributed by atoms with Crippen molar-refractivity contribution in [3.05, 3.63) is 91.0 Å². The minimum absolute atomic E-state index is 0.255. The van der Waals surface area contributed by atoms with Crippen LogP contribution in [0.5, 0.6) is 0 Å². The average Bonchev–Trinajstić information content (AvgIpc) is 2.61. The van der Waals surface area contributed by atoms with Crippen LogP contribution < -0.4 is 15.9 Å². The standard InChI is InChI=1S/C22H24OP/c1-22(2,3)23-24(19-13-7-4-8-14-19,20-15-9-5-10-16-20)21-17-11-6-12-18-21/h4-18H,1-3H3/q+1. The Bertz CT molecular complexity index is 665. The molecule has 0 atom stereocenters. The van der Waals surface area contributed by atoms with Gasteiger partial charge in [-0.15, -0.1) is 0 Å². The summed E-state index contributed by atoms with van der Waals surface area (Å²) in [6, 6.07) is 31.9. The van der Waals surface area contributed by atoms with Crippen LogP contribution in [0.25, 0.3) is 0 Å². The monoisotopic (exact) mass is 335 g/mol. The molecule has 0 unspecified atom stereocenters. The van der Waals surface area contributed by atoms with E-state index in [1.54, 1.807) is 0 Å². The van der Waals surface area contributed by atoms with Crippen LogP contribution >= 0.6 is 7.49 Å². The lowest BCUT2D eigenvalue weighted by Crippen LogP contribution is -2.37. The first-order chi connectivity index (χ1) is 11.5. The molecular weight excluding hydrogens is 311 g/mol. The third-order valence-electron chi connectivity index (χ3n) is 3.77. The Morgan fingerprint density at radius 1 is 0.542 bits per heavy atom. The fourth-order valence-corrected chi connectivity index (χ4v) is 6.74. The summed E-state index contributed by atoms with van der Waals surface area (Å²) < 4.78 is 6.89. The number of hydrogen-bond donors (Lipinski definition) is 0. The Balaban J connectivity index is 2.33. The zero-order valence-electron chi connectivity index (χ0n) is 14.5. The van der Waals surface area contributed by atoms with E-state index in [1.807, 2.05) is 0 Å². The third kappa shape index (κ3) is 3.43. The lowest BCUT2D eigenvalue weighted by Gasteiger charge is -2.31.